The Morgan fingerprint density at radius 1 is 0.333 bits per heavy atom. The fourth-order valence-electron chi connectivity index (χ4n) is 10.0. The van der Waals surface area contributed by atoms with Gasteiger partial charge in [0.15, 0.2) is 0 Å². The Morgan fingerprint density at radius 3 is 1.60 bits per heavy atom. The molecule has 1 heterocycles. The molecule has 2 heteroatoms. The summed E-state index contributed by atoms with van der Waals surface area (Å²) in [5.41, 5.74) is 18.6. The number of rotatable bonds is 7. The van der Waals surface area contributed by atoms with Crippen LogP contribution in [0.15, 0.2) is 224 Å². The molecule has 1 aliphatic carbocycles. The van der Waals surface area contributed by atoms with Crippen LogP contribution in [0.25, 0.3) is 86.6 Å². The molecule has 1 aliphatic rings. The molecule has 1 nitrogen and oxygen atoms in total. The minimum absolute atomic E-state index is 0.0449. The van der Waals surface area contributed by atoms with Crippen molar-refractivity contribution in [2.75, 3.05) is 4.90 Å². The van der Waals surface area contributed by atoms with E-state index in [0.29, 0.717) is 0 Å². The minimum atomic E-state index is -0.0449. The first kappa shape index (κ1) is 37.3. The number of hydrogen-bond acceptors (Lipinski definition) is 2. The van der Waals surface area contributed by atoms with E-state index < -0.39 is 0 Å². The van der Waals surface area contributed by atoms with E-state index in [9.17, 15) is 0 Å². The summed E-state index contributed by atoms with van der Waals surface area (Å²) < 4.78 is 2.65. The van der Waals surface area contributed by atoms with Gasteiger partial charge in [-0.05, 0) is 132 Å². The molecule has 0 unspecified atom stereocenters. The molecular formula is C61H43NS. The van der Waals surface area contributed by atoms with Crippen molar-refractivity contribution in [3.8, 4) is 55.6 Å². The lowest BCUT2D eigenvalue weighted by molar-refractivity contribution is 0.660. The van der Waals surface area contributed by atoms with Gasteiger partial charge in [-0.15, -0.1) is 11.3 Å². The van der Waals surface area contributed by atoms with Gasteiger partial charge in [0.2, 0.25) is 0 Å². The normalized spacial score (nSPS) is 12.7. The molecule has 0 N–H and O–H groups in total. The van der Waals surface area contributed by atoms with Crippen LogP contribution in [0.1, 0.15) is 25.0 Å². The predicted octanol–water partition coefficient (Wildman–Crippen LogP) is 17.7. The van der Waals surface area contributed by atoms with Crippen molar-refractivity contribution in [1.29, 1.82) is 0 Å². The van der Waals surface area contributed by atoms with Gasteiger partial charge in [0.1, 0.15) is 0 Å². The maximum absolute atomic E-state index is 2.41. The summed E-state index contributed by atoms with van der Waals surface area (Å²) in [5, 5.41) is 5.16. The monoisotopic (exact) mass is 821 g/mol. The molecule has 12 rings (SSSR count). The summed E-state index contributed by atoms with van der Waals surface area (Å²) in [6.07, 6.45) is 0. The smallest absolute Gasteiger partial charge is 0.0462 e. The second-order valence-electron chi connectivity index (χ2n) is 17.3. The Morgan fingerprint density at radius 2 is 0.841 bits per heavy atom. The second kappa shape index (κ2) is 14.8. The predicted molar refractivity (Wildman–Crippen MR) is 271 cm³/mol. The van der Waals surface area contributed by atoms with Crippen LogP contribution in [-0.4, -0.2) is 0 Å². The Bertz CT molecular complexity index is 3510. The molecule has 0 bridgehead atoms. The fraction of sp³-hybridized carbons (Fsp3) is 0.0492. The largest absolute Gasteiger partial charge is 0.311 e. The van der Waals surface area contributed by atoms with Gasteiger partial charge >= 0.3 is 0 Å². The van der Waals surface area contributed by atoms with E-state index in [4.69, 9.17) is 0 Å². The van der Waals surface area contributed by atoms with Gasteiger partial charge in [-0.2, -0.15) is 0 Å². The van der Waals surface area contributed by atoms with E-state index >= 15 is 0 Å². The summed E-state index contributed by atoms with van der Waals surface area (Å²) in [6.45, 7) is 4.70. The number of hydrogen-bond donors (Lipinski definition) is 0. The molecule has 63 heavy (non-hydrogen) atoms. The van der Waals surface area contributed by atoms with Crippen molar-refractivity contribution in [2.24, 2.45) is 0 Å². The number of benzene rings is 10. The number of thiophene rings is 1. The molecule has 0 spiro atoms. The average Bonchev–Trinajstić information content (AvgIpc) is 3.84. The Balaban J connectivity index is 0.915. The van der Waals surface area contributed by atoms with Crippen LogP contribution in [0.3, 0.4) is 0 Å². The SMILES string of the molecule is CC1(C)c2ccccc2-c2ccc(-c3ccc(N(c4ccc(-c5cccc(-c6cccc7ccccc67)c5)cc4)c4ccc(-c5cccc6c5sc5ccccc56)cc4)cc3)cc21. The van der Waals surface area contributed by atoms with E-state index in [-0.39, 0.29) is 5.41 Å². The topological polar surface area (TPSA) is 3.24 Å². The quantitative estimate of drug-likeness (QED) is 0.155. The van der Waals surface area contributed by atoms with Gasteiger partial charge in [0.05, 0.1) is 0 Å². The highest BCUT2D eigenvalue weighted by atomic mass is 32.1. The van der Waals surface area contributed by atoms with Crippen molar-refractivity contribution in [3.05, 3.63) is 236 Å². The van der Waals surface area contributed by atoms with Crippen LogP contribution in [0, 0.1) is 0 Å². The van der Waals surface area contributed by atoms with Gasteiger partial charge in [0, 0.05) is 42.6 Å². The molecule has 10 aromatic carbocycles. The average molecular weight is 822 g/mol. The molecule has 0 saturated carbocycles. The molecule has 11 aromatic rings. The number of nitrogens with zero attached hydrogens (tertiary/aromatic N) is 1. The van der Waals surface area contributed by atoms with Crippen molar-refractivity contribution in [3.63, 3.8) is 0 Å². The highest BCUT2D eigenvalue weighted by Crippen LogP contribution is 2.50. The second-order valence-corrected chi connectivity index (χ2v) is 18.3. The van der Waals surface area contributed by atoms with Crippen molar-refractivity contribution in [2.45, 2.75) is 19.3 Å². The van der Waals surface area contributed by atoms with E-state index in [0.717, 1.165) is 17.1 Å². The standard InChI is InChI=1S/C61H43NS/c1-61(2)57-22-7-5-17-53(57)54-37-30-45(39-58(54)61)41-26-33-48(34-27-41)62(49-35-28-43(29-36-49)52-20-11-21-56-55-18-6-8-23-59(55)63-60(52)56)47-31-24-40(25-32-47)44-14-9-15-46(38-44)51-19-10-13-42-12-3-4-16-50(42)51/h3-39H,1-2H3. The van der Waals surface area contributed by atoms with Crippen LogP contribution < -0.4 is 4.90 Å². The minimum Gasteiger partial charge on any atom is -0.311 e. The Hall–Kier alpha value is -7.52. The maximum Gasteiger partial charge on any atom is 0.0462 e. The van der Waals surface area contributed by atoms with Gasteiger partial charge in [-0.3, -0.25) is 0 Å². The molecule has 0 saturated heterocycles. The highest BCUT2D eigenvalue weighted by molar-refractivity contribution is 7.26. The Labute approximate surface area is 372 Å². The first-order valence-electron chi connectivity index (χ1n) is 21.8. The first-order valence-corrected chi connectivity index (χ1v) is 22.6. The third-order valence-electron chi connectivity index (χ3n) is 13.3. The zero-order valence-electron chi connectivity index (χ0n) is 35.2. The van der Waals surface area contributed by atoms with Crippen LogP contribution >= 0.6 is 11.3 Å². The summed E-state index contributed by atoms with van der Waals surface area (Å²) in [5.74, 6) is 0. The molecule has 1 aromatic heterocycles. The lowest BCUT2D eigenvalue weighted by Crippen LogP contribution is -2.14. The highest BCUT2D eigenvalue weighted by Gasteiger charge is 2.35. The first-order chi connectivity index (χ1) is 31.0. The van der Waals surface area contributed by atoms with Crippen LogP contribution in [0.5, 0.6) is 0 Å². The number of anilines is 3. The van der Waals surface area contributed by atoms with Crippen molar-refractivity contribution in [1.82, 2.24) is 0 Å². The molecule has 0 amide bonds. The van der Waals surface area contributed by atoms with E-state index in [2.05, 4.69) is 243 Å². The summed E-state index contributed by atoms with van der Waals surface area (Å²) in [7, 11) is 0. The van der Waals surface area contributed by atoms with E-state index in [1.165, 1.54) is 97.7 Å². The third kappa shape index (κ3) is 6.29. The van der Waals surface area contributed by atoms with E-state index in [1.807, 2.05) is 11.3 Å². The fourth-order valence-corrected chi connectivity index (χ4v) is 11.3. The van der Waals surface area contributed by atoms with Gasteiger partial charge in [0.25, 0.3) is 0 Å². The lowest BCUT2D eigenvalue weighted by Gasteiger charge is -2.26. The molecule has 0 fully saturated rings. The zero-order chi connectivity index (χ0) is 42.1. The van der Waals surface area contributed by atoms with Gasteiger partial charge < -0.3 is 4.90 Å². The van der Waals surface area contributed by atoms with Crippen molar-refractivity contribution >= 4 is 59.3 Å². The molecule has 0 radical (unpaired) electrons. The van der Waals surface area contributed by atoms with Gasteiger partial charge in [-0.25, -0.2) is 0 Å². The summed E-state index contributed by atoms with van der Waals surface area (Å²) >= 11 is 1.88. The lowest BCUT2D eigenvalue weighted by atomic mass is 9.81. The molecule has 0 atom stereocenters. The molecule has 0 aliphatic heterocycles. The zero-order valence-corrected chi connectivity index (χ0v) is 36.0. The van der Waals surface area contributed by atoms with E-state index in [1.54, 1.807) is 0 Å². The van der Waals surface area contributed by atoms with Crippen molar-refractivity contribution < 1.29 is 0 Å². The number of fused-ring (bicyclic) bond motifs is 7. The summed E-state index contributed by atoms with van der Waals surface area (Å²) in [4.78, 5) is 2.38. The maximum atomic E-state index is 2.41. The van der Waals surface area contributed by atoms with Crippen LogP contribution in [0.4, 0.5) is 17.1 Å². The Kier molecular flexibility index (Phi) is 8.77. The van der Waals surface area contributed by atoms with Crippen LogP contribution in [0.2, 0.25) is 0 Å². The summed E-state index contributed by atoms with van der Waals surface area (Å²) in [6, 6.07) is 82.7. The molecular weight excluding hydrogens is 779 g/mol. The van der Waals surface area contributed by atoms with Crippen LogP contribution in [-0.2, 0) is 5.41 Å². The van der Waals surface area contributed by atoms with Gasteiger partial charge in [-0.1, -0.05) is 184 Å². The third-order valence-corrected chi connectivity index (χ3v) is 14.5. The molecule has 298 valence electrons.